The van der Waals surface area contributed by atoms with Crippen LogP contribution in [0, 0.1) is 0 Å². The van der Waals surface area contributed by atoms with Crippen molar-refractivity contribution in [2.24, 2.45) is 0 Å². The summed E-state index contributed by atoms with van der Waals surface area (Å²) in [7, 11) is 0. The first-order chi connectivity index (χ1) is 13.7. The van der Waals surface area contributed by atoms with Gasteiger partial charge in [-0.05, 0) is 59.7 Å². The minimum absolute atomic E-state index is 0.773. The maximum atomic E-state index is 5.80. The maximum Gasteiger partial charge on any atom is 0.0447 e. The average Bonchev–Trinajstić information content (AvgIpc) is 2.74. The highest BCUT2D eigenvalue weighted by atomic mass is 35.5. The summed E-state index contributed by atoms with van der Waals surface area (Å²) < 4.78 is 0. The third kappa shape index (κ3) is 6.80. The molecule has 4 heteroatoms. The number of hydrogen-bond donors (Lipinski definition) is 0. The summed E-state index contributed by atoms with van der Waals surface area (Å²) in [4.78, 5) is 8.53. The van der Waals surface area contributed by atoms with E-state index in [0.717, 1.165) is 34.3 Å². The van der Waals surface area contributed by atoms with Crippen LogP contribution < -0.4 is 0 Å². The molecule has 4 rings (SSSR count). The molecule has 4 aromatic rings. The molecule has 2 nitrogen and oxygen atoms in total. The van der Waals surface area contributed by atoms with Gasteiger partial charge in [-0.15, -0.1) is 0 Å². The molecule has 0 aliphatic heterocycles. The largest absolute Gasteiger partial charge is 0.261 e. The molecule has 140 valence electrons. The molecule has 0 aliphatic carbocycles. The smallest absolute Gasteiger partial charge is 0.0447 e. The van der Waals surface area contributed by atoms with Gasteiger partial charge in [-0.3, -0.25) is 9.97 Å². The predicted octanol–water partition coefficient (Wildman–Crippen LogP) is 6.65. The van der Waals surface area contributed by atoms with E-state index in [0.29, 0.717) is 0 Å². The van der Waals surface area contributed by atoms with Crippen molar-refractivity contribution in [3.05, 3.63) is 130 Å². The molecule has 0 amide bonds. The van der Waals surface area contributed by atoms with E-state index in [1.165, 1.54) is 11.1 Å². The van der Waals surface area contributed by atoms with Crippen LogP contribution in [0.4, 0.5) is 0 Å². The van der Waals surface area contributed by atoms with Gasteiger partial charge >= 0.3 is 0 Å². The van der Waals surface area contributed by atoms with Gasteiger partial charge in [0.2, 0.25) is 0 Å². The minimum Gasteiger partial charge on any atom is -0.261 e. The summed E-state index contributed by atoms with van der Waals surface area (Å²) in [5.74, 6) is 0. The van der Waals surface area contributed by atoms with Crippen LogP contribution in [-0.2, 0) is 12.8 Å². The maximum absolute atomic E-state index is 5.80. The summed E-state index contributed by atoms with van der Waals surface area (Å²) in [6, 6.07) is 27.6. The Morgan fingerprint density at radius 1 is 0.500 bits per heavy atom. The number of aromatic nitrogens is 2. The Bertz CT molecular complexity index is 872. The van der Waals surface area contributed by atoms with E-state index < -0.39 is 0 Å². The van der Waals surface area contributed by atoms with Crippen LogP contribution in [0.2, 0.25) is 10.0 Å². The molecule has 0 radical (unpaired) electrons. The second kappa shape index (κ2) is 10.6. The van der Waals surface area contributed by atoms with Gasteiger partial charge in [0.25, 0.3) is 0 Å². The van der Waals surface area contributed by atoms with Gasteiger partial charge in [0.1, 0.15) is 0 Å². The molecular weight excluding hydrogens is 387 g/mol. The fourth-order valence-corrected chi connectivity index (χ4v) is 2.88. The number of benzene rings is 2. The van der Waals surface area contributed by atoms with Crippen molar-refractivity contribution >= 4 is 23.2 Å². The Morgan fingerprint density at radius 3 is 1.21 bits per heavy atom. The number of pyridine rings is 2. The van der Waals surface area contributed by atoms with Crippen molar-refractivity contribution in [1.82, 2.24) is 9.97 Å². The number of halogens is 2. The van der Waals surface area contributed by atoms with Gasteiger partial charge < -0.3 is 0 Å². The highest BCUT2D eigenvalue weighted by Gasteiger charge is 1.97. The van der Waals surface area contributed by atoms with Crippen molar-refractivity contribution in [1.29, 1.82) is 0 Å². The number of hydrogen-bond acceptors (Lipinski definition) is 2. The molecule has 2 heterocycles. The van der Waals surface area contributed by atoms with Crippen LogP contribution in [0.15, 0.2) is 97.3 Å². The Balaban J connectivity index is 0.000000161. The monoisotopic (exact) mass is 406 g/mol. The molecule has 0 N–H and O–H groups in total. The average molecular weight is 407 g/mol. The van der Waals surface area contributed by atoms with E-state index in [2.05, 4.69) is 9.97 Å². The lowest BCUT2D eigenvalue weighted by Gasteiger charge is -2.00. The second-order valence-corrected chi connectivity index (χ2v) is 7.12. The zero-order valence-corrected chi connectivity index (χ0v) is 16.8. The zero-order valence-electron chi connectivity index (χ0n) is 15.3. The van der Waals surface area contributed by atoms with Crippen molar-refractivity contribution in [3.8, 4) is 0 Å². The fraction of sp³-hybridized carbons (Fsp3) is 0.0833. The van der Waals surface area contributed by atoms with E-state index in [9.17, 15) is 0 Å². The van der Waals surface area contributed by atoms with Gasteiger partial charge in [-0.2, -0.15) is 0 Å². The Labute approximate surface area is 175 Å². The molecule has 28 heavy (non-hydrogen) atoms. The van der Waals surface area contributed by atoms with Gasteiger partial charge in [0.05, 0.1) is 0 Å². The first-order valence-corrected chi connectivity index (χ1v) is 9.73. The van der Waals surface area contributed by atoms with Crippen molar-refractivity contribution in [2.75, 3.05) is 0 Å². The molecule has 0 bridgehead atoms. The molecule has 0 saturated carbocycles. The molecule has 2 aromatic carbocycles. The standard InChI is InChI=1S/2C12H10ClN/c2*13-11-6-4-10(5-7-11)9-12-3-1-2-8-14-12/h2*1-8H,9H2. The van der Waals surface area contributed by atoms with Crippen LogP contribution in [0.1, 0.15) is 22.5 Å². The van der Waals surface area contributed by atoms with Gasteiger partial charge in [-0.25, -0.2) is 0 Å². The Morgan fingerprint density at radius 2 is 0.893 bits per heavy atom. The summed E-state index contributed by atoms with van der Waals surface area (Å²) in [6.45, 7) is 0. The van der Waals surface area contributed by atoms with Crippen LogP contribution in [0.5, 0.6) is 0 Å². The molecule has 0 fully saturated rings. The zero-order chi connectivity index (χ0) is 19.6. The SMILES string of the molecule is Clc1ccc(Cc2ccccn2)cc1.Clc1ccc(Cc2ccccn2)cc1. The van der Waals surface area contributed by atoms with E-state index in [4.69, 9.17) is 23.2 Å². The molecule has 0 spiro atoms. The summed E-state index contributed by atoms with van der Waals surface area (Å²) in [5, 5.41) is 1.55. The first kappa shape index (κ1) is 20.1. The lowest BCUT2D eigenvalue weighted by molar-refractivity contribution is 1.07. The quantitative estimate of drug-likeness (QED) is 0.378. The van der Waals surface area contributed by atoms with E-state index >= 15 is 0 Å². The second-order valence-electron chi connectivity index (χ2n) is 6.25. The summed E-state index contributed by atoms with van der Waals surface area (Å²) >= 11 is 11.6. The normalized spacial score (nSPS) is 10.1. The van der Waals surface area contributed by atoms with Crippen molar-refractivity contribution < 1.29 is 0 Å². The first-order valence-electron chi connectivity index (χ1n) is 8.98. The number of rotatable bonds is 4. The van der Waals surface area contributed by atoms with E-state index in [1.807, 2.05) is 97.3 Å². The third-order valence-corrected chi connectivity index (χ3v) is 4.55. The molecule has 0 atom stereocenters. The molecule has 2 aromatic heterocycles. The lowest BCUT2D eigenvalue weighted by atomic mass is 10.1. The predicted molar refractivity (Wildman–Crippen MR) is 117 cm³/mol. The summed E-state index contributed by atoms with van der Waals surface area (Å²) in [6.07, 6.45) is 5.34. The topological polar surface area (TPSA) is 25.8 Å². The van der Waals surface area contributed by atoms with Crippen LogP contribution in [0.25, 0.3) is 0 Å². The Kier molecular flexibility index (Phi) is 7.60. The molecule has 0 aliphatic rings. The molecular formula is C24H20Cl2N2. The van der Waals surface area contributed by atoms with Crippen molar-refractivity contribution in [2.45, 2.75) is 12.8 Å². The fourth-order valence-electron chi connectivity index (χ4n) is 2.63. The minimum atomic E-state index is 0.773. The Hall–Kier alpha value is -2.68. The molecule has 0 unspecified atom stereocenters. The lowest BCUT2D eigenvalue weighted by Crippen LogP contribution is -1.90. The van der Waals surface area contributed by atoms with Crippen LogP contribution in [-0.4, -0.2) is 9.97 Å². The van der Waals surface area contributed by atoms with E-state index in [-0.39, 0.29) is 0 Å². The third-order valence-electron chi connectivity index (χ3n) is 4.05. The van der Waals surface area contributed by atoms with Crippen molar-refractivity contribution in [3.63, 3.8) is 0 Å². The summed E-state index contributed by atoms with van der Waals surface area (Å²) in [5.41, 5.74) is 4.62. The van der Waals surface area contributed by atoms with Crippen LogP contribution >= 0.6 is 23.2 Å². The highest BCUT2D eigenvalue weighted by molar-refractivity contribution is 6.30. The van der Waals surface area contributed by atoms with Gasteiger partial charge in [0, 0.05) is 46.7 Å². The van der Waals surface area contributed by atoms with Gasteiger partial charge in [0.15, 0.2) is 0 Å². The van der Waals surface area contributed by atoms with E-state index in [1.54, 1.807) is 0 Å². The van der Waals surface area contributed by atoms with Crippen LogP contribution in [0.3, 0.4) is 0 Å². The van der Waals surface area contributed by atoms with Gasteiger partial charge in [-0.1, -0.05) is 59.6 Å². The molecule has 0 saturated heterocycles. The highest BCUT2D eigenvalue weighted by Crippen LogP contribution is 2.13. The number of nitrogens with zero attached hydrogens (tertiary/aromatic N) is 2.